The molecule has 1 heterocycles. The van der Waals surface area contributed by atoms with E-state index in [2.05, 4.69) is 41.2 Å². The van der Waals surface area contributed by atoms with E-state index in [0.717, 1.165) is 0 Å². The highest BCUT2D eigenvalue weighted by atomic mass is 14.9. The number of aromatic nitrogens is 2. The number of aromatic amines is 1. The van der Waals surface area contributed by atoms with Gasteiger partial charge in [-0.25, -0.2) is 4.98 Å². The lowest BCUT2D eigenvalue weighted by Gasteiger charge is -2.18. The fourth-order valence-corrected chi connectivity index (χ4v) is 2.84. The lowest BCUT2D eigenvalue weighted by molar-refractivity contribution is 0.561. The SMILES string of the molecule is CC(c1cnc[nH]1)C1CCc2ccccc21. The van der Waals surface area contributed by atoms with E-state index in [1.807, 2.05) is 6.20 Å². The van der Waals surface area contributed by atoms with Crippen molar-refractivity contribution in [1.29, 1.82) is 0 Å². The molecule has 1 aromatic heterocycles. The number of benzene rings is 1. The fourth-order valence-electron chi connectivity index (χ4n) is 2.84. The van der Waals surface area contributed by atoms with Crippen LogP contribution in [0, 0.1) is 0 Å². The monoisotopic (exact) mass is 212 g/mol. The summed E-state index contributed by atoms with van der Waals surface area (Å²) in [7, 11) is 0. The second-order valence-electron chi connectivity index (χ2n) is 4.64. The maximum atomic E-state index is 4.12. The molecule has 1 N–H and O–H groups in total. The first-order chi connectivity index (χ1) is 7.86. The number of fused-ring (bicyclic) bond motifs is 1. The van der Waals surface area contributed by atoms with E-state index in [-0.39, 0.29) is 0 Å². The Morgan fingerprint density at radius 2 is 2.25 bits per heavy atom. The summed E-state index contributed by atoms with van der Waals surface area (Å²) in [6, 6.07) is 8.83. The van der Waals surface area contributed by atoms with Crippen molar-refractivity contribution in [3.05, 3.63) is 53.6 Å². The van der Waals surface area contributed by atoms with Gasteiger partial charge >= 0.3 is 0 Å². The van der Waals surface area contributed by atoms with Crippen LogP contribution >= 0.6 is 0 Å². The molecule has 1 aliphatic rings. The van der Waals surface area contributed by atoms with Crippen LogP contribution in [0.5, 0.6) is 0 Å². The van der Waals surface area contributed by atoms with Crippen LogP contribution in [0.4, 0.5) is 0 Å². The molecular weight excluding hydrogens is 196 g/mol. The lowest BCUT2D eigenvalue weighted by atomic mass is 9.87. The van der Waals surface area contributed by atoms with E-state index in [9.17, 15) is 0 Å². The van der Waals surface area contributed by atoms with Gasteiger partial charge in [-0.2, -0.15) is 0 Å². The van der Waals surface area contributed by atoms with Gasteiger partial charge in [-0.05, 0) is 29.9 Å². The average molecular weight is 212 g/mol. The van der Waals surface area contributed by atoms with Gasteiger partial charge in [0, 0.05) is 17.8 Å². The molecule has 2 nitrogen and oxygen atoms in total. The second kappa shape index (κ2) is 3.78. The van der Waals surface area contributed by atoms with Crippen molar-refractivity contribution in [2.75, 3.05) is 0 Å². The maximum absolute atomic E-state index is 4.12. The van der Waals surface area contributed by atoms with E-state index in [1.165, 1.54) is 29.7 Å². The minimum atomic E-state index is 0.533. The van der Waals surface area contributed by atoms with Crippen molar-refractivity contribution in [2.24, 2.45) is 0 Å². The van der Waals surface area contributed by atoms with Gasteiger partial charge in [0.2, 0.25) is 0 Å². The molecule has 16 heavy (non-hydrogen) atoms. The first-order valence-corrected chi connectivity index (χ1v) is 5.92. The molecule has 2 heteroatoms. The summed E-state index contributed by atoms with van der Waals surface area (Å²) in [5.41, 5.74) is 4.31. The number of nitrogens with one attached hydrogen (secondary N) is 1. The minimum absolute atomic E-state index is 0.533. The Labute approximate surface area is 95.7 Å². The number of imidazole rings is 1. The van der Waals surface area contributed by atoms with Gasteiger partial charge in [-0.15, -0.1) is 0 Å². The minimum Gasteiger partial charge on any atom is -0.348 e. The van der Waals surface area contributed by atoms with Crippen LogP contribution in [0.2, 0.25) is 0 Å². The standard InChI is InChI=1S/C14H16N2/c1-10(14-8-15-9-16-14)12-7-6-11-4-2-3-5-13(11)12/h2-5,8-10,12H,6-7H2,1H3,(H,15,16). The van der Waals surface area contributed by atoms with Gasteiger partial charge in [-0.1, -0.05) is 31.2 Å². The Bertz CT molecular complexity index is 473. The normalized spacial score (nSPS) is 20.7. The highest BCUT2D eigenvalue weighted by Gasteiger charge is 2.28. The van der Waals surface area contributed by atoms with Crippen molar-refractivity contribution in [3.63, 3.8) is 0 Å². The third kappa shape index (κ3) is 1.45. The number of hydrogen-bond acceptors (Lipinski definition) is 1. The van der Waals surface area contributed by atoms with E-state index in [0.29, 0.717) is 11.8 Å². The number of aryl methyl sites for hydroxylation is 1. The van der Waals surface area contributed by atoms with Crippen LogP contribution in [-0.4, -0.2) is 9.97 Å². The summed E-state index contributed by atoms with van der Waals surface area (Å²) in [6.45, 7) is 2.29. The van der Waals surface area contributed by atoms with Crippen LogP contribution < -0.4 is 0 Å². The zero-order chi connectivity index (χ0) is 11.0. The van der Waals surface area contributed by atoms with Crippen LogP contribution in [0.3, 0.4) is 0 Å². The smallest absolute Gasteiger partial charge is 0.0921 e. The molecule has 0 spiro atoms. The molecule has 2 atom stereocenters. The summed E-state index contributed by atoms with van der Waals surface area (Å²) < 4.78 is 0. The molecule has 1 aliphatic carbocycles. The van der Waals surface area contributed by atoms with Gasteiger partial charge < -0.3 is 4.98 Å². The van der Waals surface area contributed by atoms with Crippen molar-refractivity contribution in [1.82, 2.24) is 9.97 Å². The fraction of sp³-hybridized carbons (Fsp3) is 0.357. The predicted molar refractivity (Wildman–Crippen MR) is 64.5 cm³/mol. The summed E-state index contributed by atoms with van der Waals surface area (Å²) in [5, 5.41) is 0. The Kier molecular flexibility index (Phi) is 2.28. The second-order valence-corrected chi connectivity index (χ2v) is 4.64. The van der Waals surface area contributed by atoms with Crippen LogP contribution in [0.1, 0.15) is 42.0 Å². The molecule has 0 amide bonds. The summed E-state index contributed by atoms with van der Waals surface area (Å²) >= 11 is 0. The molecule has 1 aromatic carbocycles. The number of nitrogens with zero attached hydrogens (tertiary/aromatic N) is 1. The molecule has 2 unspecified atom stereocenters. The Morgan fingerprint density at radius 1 is 1.38 bits per heavy atom. The van der Waals surface area contributed by atoms with Gasteiger partial charge in [-0.3, -0.25) is 0 Å². The number of H-pyrrole nitrogens is 1. The zero-order valence-electron chi connectivity index (χ0n) is 9.48. The molecule has 3 rings (SSSR count). The van der Waals surface area contributed by atoms with Gasteiger partial charge in [0.25, 0.3) is 0 Å². The van der Waals surface area contributed by atoms with Gasteiger partial charge in [0.1, 0.15) is 0 Å². The third-order valence-corrected chi connectivity index (χ3v) is 3.79. The summed E-state index contributed by atoms with van der Waals surface area (Å²) in [5.74, 6) is 1.18. The van der Waals surface area contributed by atoms with Crippen molar-refractivity contribution < 1.29 is 0 Å². The van der Waals surface area contributed by atoms with Gasteiger partial charge in [0.05, 0.1) is 6.33 Å². The molecular formula is C14H16N2. The van der Waals surface area contributed by atoms with E-state index in [1.54, 1.807) is 6.33 Å². The molecule has 0 radical (unpaired) electrons. The van der Waals surface area contributed by atoms with E-state index >= 15 is 0 Å². The van der Waals surface area contributed by atoms with E-state index < -0.39 is 0 Å². The Balaban J connectivity index is 1.93. The molecule has 0 bridgehead atoms. The van der Waals surface area contributed by atoms with Crippen molar-refractivity contribution in [3.8, 4) is 0 Å². The molecule has 82 valence electrons. The molecule has 0 saturated carbocycles. The quantitative estimate of drug-likeness (QED) is 0.813. The highest BCUT2D eigenvalue weighted by Crippen LogP contribution is 2.41. The van der Waals surface area contributed by atoms with E-state index in [4.69, 9.17) is 0 Å². The first-order valence-electron chi connectivity index (χ1n) is 5.92. The summed E-state index contributed by atoms with van der Waals surface area (Å²) in [6.07, 6.45) is 6.21. The number of hydrogen-bond donors (Lipinski definition) is 1. The highest BCUT2D eigenvalue weighted by molar-refractivity contribution is 5.37. The summed E-state index contributed by atoms with van der Waals surface area (Å²) in [4.78, 5) is 7.35. The topological polar surface area (TPSA) is 28.7 Å². The predicted octanol–water partition coefficient (Wildman–Crippen LogP) is 3.24. The maximum Gasteiger partial charge on any atom is 0.0921 e. The molecule has 0 fully saturated rings. The average Bonchev–Trinajstić information content (AvgIpc) is 2.98. The van der Waals surface area contributed by atoms with Crippen LogP contribution in [0.25, 0.3) is 0 Å². The first kappa shape index (κ1) is 9.64. The number of rotatable bonds is 2. The molecule has 2 aromatic rings. The molecule has 0 saturated heterocycles. The zero-order valence-corrected chi connectivity index (χ0v) is 9.48. The Morgan fingerprint density at radius 3 is 3.06 bits per heavy atom. The largest absolute Gasteiger partial charge is 0.348 e. The Hall–Kier alpha value is -1.57. The third-order valence-electron chi connectivity index (χ3n) is 3.79. The van der Waals surface area contributed by atoms with Crippen LogP contribution in [0.15, 0.2) is 36.8 Å². The lowest BCUT2D eigenvalue weighted by Crippen LogP contribution is -2.05. The van der Waals surface area contributed by atoms with Crippen molar-refractivity contribution >= 4 is 0 Å². The van der Waals surface area contributed by atoms with Gasteiger partial charge in [0.15, 0.2) is 0 Å². The van der Waals surface area contributed by atoms with Crippen molar-refractivity contribution in [2.45, 2.75) is 31.6 Å². The molecule has 0 aliphatic heterocycles. The van der Waals surface area contributed by atoms with Crippen LogP contribution in [-0.2, 0) is 6.42 Å².